The van der Waals surface area contributed by atoms with Gasteiger partial charge in [0.15, 0.2) is 16.7 Å². The Bertz CT molecular complexity index is 1210. The predicted octanol–water partition coefficient (Wildman–Crippen LogP) is 4.99. The van der Waals surface area contributed by atoms with Crippen LogP contribution < -0.4 is 20.3 Å². The number of halogens is 1. The summed E-state index contributed by atoms with van der Waals surface area (Å²) in [4.78, 5) is 32.9. The van der Waals surface area contributed by atoms with E-state index in [2.05, 4.69) is 15.3 Å². The highest BCUT2D eigenvalue weighted by molar-refractivity contribution is 7.98. The van der Waals surface area contributed by atoms with Gasteiger partial charge in [-0.2, -0.15) is 0 Å². The number of aromatic nitrogens is 2. The van der Waals surface area contributed by atoms with E-state index in [1.165, 1.54) is 11.8 Å². The number of carbonyl (C=O) groups excluding carboxylic acids is 1. The average molecular weight is 486 g/mol. The lowest BCUT2D eigenvalue weighted by Crippen LogP contribution is -2.31. The van der Waals surface area contributed by atoms with Gasteiger partial charge in [-0.3, -0.25) is 9.59 Å². The van der Waals surface area contributed by atoms with Gasteiger partial charge in [0.05, 0.1) is 19.3 Å². The molecule has 0 saturated heterocycles. The summed E-state index contributed by atoms with van der Waals surface area (Å²) in [5.41, 5.74) is 2.01. The SMILES string of the molecule is CCCOc1ccc([C@@H]2CC(=O)Nc3nc(SCc4ccc(Cl)cc4)[nH]c(=O)c32)cc1OC. The molecular formula is C24H24ClN3O4S. The molecule has 1 atom stereocenters. The Hall–Kier alpha value is -2.97. The smallest absolute Gasteiger partial charge is 0.257 e. The first kappa shape index (κ1) is 23.2. The van der Waals surface area contributed by atoms with Gasteiger partial charge in [-0.1, -0.05) is 48.5 Å². The van der Waals surface area contributed by atoms with Gasteiger partial charge >= 0.3 is 0 Å². The largest absolute Gasteiger partial charge is 0.493 e. The summed E-state index contributed by atoms with van der Waals surface area (Å²) >= 11 is 7.32. The van der Waals surface area contributed by atoms with Crippen LogP contribution in [0, 0.1) is 0 Å². The number of fused-ring (bicyclic) bond motifs is 1. The molecule has 4 rings (SSSR count). The second-order valence-electron chi connectivity index (χ2n) is 7.61. The van der Waals surface area contributed by atoms with Crippen LogP contribution in [0.1, 0.15) is 42.4 Å². The maximum absolute atomic E-state index is 13.1. The van der Waals surface area contributed by atoms with Crippen molar-refractivity contribution >= 4 is 35.1 Å². The number of hydrogen-bond donors (Lipinski definition) is 2. The molecule has 0 unspecified atom stereocenters. The van der Waals surface area contributed by atoms with E-state index in [-0.39, 0.29) is 17.9 Å². The molecule has 0 saturated carbocycles. The molecule has 1 aliphatic rings. The third kappa shape index (κ3) is 5.34. The molecule has 2 aromatic carbocycles. The van der Waals surface area contributed by atoms with Crippen molar-refractivity contribution in [2.75, 3.05) is 19.0 Å². The summed E-state index contributed by atoms with van der Waals surface area (Å²) < 4.78 is 11.2. The molecule has 172 valence electrons. The summed E-state index contributed by atoms with van der Waals surface area (Å²) in [7, 11) is 1.57. The van der Waals surface area contributed by atoms with Gasteiger partial charge in [-0.05, 0) is 41.8 Å². The van der Waals surface area contributed by atoms with Crippen LogP contribution in [0.15, 0.2) is 52.4 Å². The molecule has 1 aromatic heterocycles. The van der Waals surface area contributed by atoms with Gasteiger partial charge in [-0.25, -0.2) is 4.98 Å². The Labute approximate surface area is 200 Å². The van der Waals surface area contributed by atoms with Gasteiger partial charge in [0.25, 0.3) is 5.56 Å². The fourth-order valence-electron chi connectivity index (χ4n) is 3.67. The first-order valence-electron chi connectivity index (χ1n) is 10.6. The van der Waals surface area contributed by atoms with Crippen LogP contribution in [-0.2, 0) is 10.5 Å². The lowest BCUT2D eigenvalue weighted by molar-refractivity contribution is -0.116. The Balaban J connectivity index is 1.62. The number of nitrogens with zero attached hydrogens (tertiary/aromatic N) is 1. The molecule has 0 aliphatic carbocycles. The summed E-state index contributed by atoms with van der Waals surface area (Å²) in [6.07, 6.45) is 1.02. The van der Waals surface area contributed by atoms with E-state index in [1.807, 2.05) is 49.4 Å². The van der Waals surface area contributed by atoms with E-state index in [0.29, 0.717) is 45.4 Å². The van der Waals surface area contributed by atoms with Crippen LogP contribution in [0.3, 0.4) is 0 Å². The second-order valence-corrected chi connectivity index (χ2v) is 9.01. The number of rotatable bonds is 8. The number of hydrogen-bond acceptors (Lipinski definition) is 6. The molecule has 3 aromatic rings. The lowest BCUT2D eigenvalue weighted by atomic mass is 9.86. The zero-order valence-electron chi connectivity index (χ0n) is 18.3. The van der Waals surface area contributed by atoms with E-state index in [0.717, 1.165) is 17.5 Å². The highest BCUT2D eigenvalue weighted by Crippen LogP contribution is 2.38. The van der Waals surface area contributed by atoms with E-state index in [1.54, 1.807) is 7.11 Å². The van der Waals surface area contributed by atoms with Crippen molar-refractivity contribution in [1.29, 1.82) is 0 Å². The molecule has 2 heterocycles. The predicted molar refractivity (Wildman–Crippen MR) is 130 cm³/mol. The number of amides is 1. The molecule has 0 spiro atoms. The quantitative estimate of drug-likeness (QED) is 0.345. The van der Waals surface area contributed by atoms with E-state index in [4.69, 9.17) is 21.1 Å². The normalized spacial score (nSPS) is 15.0. The van der Waals surface area contributed by atoms with Crippen molar-refractivity contribution in [3.63, 3.8) is 0 Å². The summed E-state index contributed by atoms with van der Waals surface area (Å²) in [5, 5.41) is 3.86. The third-order valence-electron chi connectivity index (χ3n) is 5.27. The summed E-state index contributed by atoms with van der Waals surface area (Å²) in [6, 6.07) is 13.0. The lowest BCUT2D eigenvalue weighted by Gasteiger charge is -2.25. The summed E-state index contributed by atoms with van der Waals surface area (Å²) in [5.74, 6) is 1.47. The minimum atomic E-state index is -0.436. The Morgan fingerprint density at radius 1 is 1.15 bits per heavy atom. The second kappa shape index (κ2) is 10.3. The molecule has 1 amide bonds. The maximum atomic E-state index is 13.1. The topological polar surface area (TPSA) is 93.3 Å². The molecule has 0 radical (unpaired) electrons. The minimum absolute atomic E-state index is 0.146. The van der Waals surface area contributed by atoms with Crippen molar-refractivity contribution in [1.82, 2.24) is 9.97 Å². The number of ether oxygens (including phenoxy) is 2. The average Bonchev–Trinajstić information content (AvgIpc) is 2.81. The number of benzene rings is 2. The molecule has 33 heavy (non-hydrogen) atoms. The van der Waals surface area contributed by atoms with E-state index >= 15 is 0 Å². The molecule has 0 fully saturated rings. The van der Waals surface area contributed by atoms with Crippen molar-refractivity contribution in [2.24, 2.45) is 0 Å². The molecule has 7 nitrogen and oxygen atoms in total. The number of H-pyrrole nitrogens is 1. The molecule has 2 N–H and O–H groups in total. The number of aromatic amines is 1. The van der Waals surface area contributed by atoms with E-state index < -0.39 is 5.92 Å². The number of anilines is 1. The van der Waals surface area contributed by atoms with Gasteiger partial charge in [0, 0.05) is 23.1 Å². The van der Waals surface area contributed by atoms with Crippen molar-refractivity contribution in [3.05, 3.63) is 74.5 Å². The van der Waals surface area contributed by atoms with Gasteiger partial charge < -0.3 is 19.8 Å². The monoisotopic (exact) mass is 485 g/mol. The highest BCUT2D eigenvalue weighted by atomic mass is 35.5. The molecule has 9 heteroatoms. The minimum Gasteiger partial charge on any atom is -0.493 e. The van der Waals surface area contributed by atoms with Crippen LogP contribution in [0.4, 0.5) is 5.82 Å². The van der Waals surface area contributed by atoms with Gasteiger partial charge in [-0.15, -0.1) is 0 Å². The van der Waals surface area contributed by atoms with Gasteiger partial charge in [0.2, 0.25) is 5.91 Å². The first-order chi connectivity index (χ1) is 16.0. The zero-order valence-corrected chi connectivity index (χ0v) is 19.9. The van der Waals surface area contributed by atoms with Crippen molar-refractivity contribution in [3.8, 4) is 11.5 Å². The van der Waals surface area contributed by atoms with Crippen LogP contribution in [0.25, 0.3) is 0 Å². The highest BCUT2D eigenvalue weighted by Gasteiger charge is 2.31. The maximum Gasteiger partial charge on any atom is 0.257 e. The number of nitrogens with one attached hydrogen (secondary N) is 2. The Morgan fingerprint density at radius 2 is 1.94 bits per heavy atom. The van der Waals surface area contributed by atoms with E-state index in [9.17, 15) is 9.59 Å². The molecular weight excluding hydrogens is 462 g/mol. The fourth-order valence-corrected chi connectivity index (χ4v) is 4.61. The number of carbonyl (C=O) groups is 1. The third-order valence-corrected chi connectivity index (χ3v) is 6.47. The van der Waals surface area contributed by atoms with Gasteiger partial charge in [0.1, 0.15) is 5.82 Å². The first-order valence-corrected chi connectivity index (χ1v) is 12.0. The van der Waals surface area contributed by atoms with Crippen LogP contribution in [-0.4, -0.2) is 29.6 Å². The Kier molecular flexibility index (Phi) is 7.25. The standard InChI is InChI=1S/C24H24ClN3O4S/c1-3-10-32-18-9-6-15(11-19(18)31-2)17-12-20(29)26-22-21(17)23(30)28-24(27-22)33-13-14-4-7-16(25)8-5-14/h4-9,11,17H,3,10,12-13H2,1-2H3,(H2,26,27,28,29,30)/t17-/m0/s1. The fraction of sp³-hybridized carbons (Fsp3) is 0.292. The van der Waals surface area contributed by atoms with Crippen LogP contribution >= 0.6 is 23.4 Å². The zero-order chi connectivity index (χ0) is 23.4. The number of thioether (sulfide) groups is 1. The van der Waals surface area contributed by atoms with Crippen molar-refractivity contribution in [2.45, 2.75) is 36.6 Å². The van der Waals surface area contributed by atoms with Crippen molar-refractivity contribution < 1.29 is 14.3 Å². The Morgan fingerprint density at radius 3 is 2.67 bits per heavy atom. The molecule has 1 aliphatic heterocycles. The number of methoxy groups -OCH3 is 1. The van der Waals surface area contributed by atoms with Crippen LogP contribution in [0.5, 0.6) is 11.5 Å². The van der Waals surface area contributed by atoms with Crippen LogP contribution in [0.2, 0.25) is 5.02 Å². The molecule has 0 bridgehead atoms. The summed E-state index contributed by atoms with van der Waals surface area (Å²) in [6.45, 7) is 2.60.